The third-order valence-corrected chi connectivity index (χ3v) is 7.29. The summed E-state index contributed by atoms with van der Waals surface area (Å²) in [6.07, 6.45) is 4.89. The highest BCUT2D eigenvalue weighted by atomic mass is 35.5. The molecular formula is C22H22Cl2N4O2S. The van der Waals surface area contributed by atoms with Crippen LogP contribution >= 0.6 is 23.2 Å². The number of nitrogens with zero attached hydrogens (tertiary/aromatic N) is 3. The van der Waals surface area contributed by atoms with Gasteiger partial charge in [-0.3, -0.25) is 4.72 Å². The van der Waals surface area contributed by atoms with E-state index in [2.05, 4.69) is 19.8 Å². The first-order chi connectivity index (χ1) is 14.9. The van der Waals surface area contributed by atoms with E-state index in [1.807, 2.05) is 12.1 Å². The van der Waals surface area contributed by atoms with Crippen LogP contribution in [0, 0.1) is 0 Å². The molecule has 1 aliphatic heterocycles. The molecule has 2 heterocycles. The van der Waals surface area contributed by atoms with Crippen LogP contribution in [-0.2, 0) is 10.0 Å². The summed E-state index contributed by atoms with van der Waals surface area (Å²) in [5.41, 5.74) is 1.98. The average Bonchev–Trinajstić information content (AvgIpc) is 3.05. The Morgan fingerprint density at radius 2 is 1.55 bits per heavy atom. The number of rotatable bonds is 5. The molecule has 3 aromatic rings. The number of hydrogen-bond acceptors (Lipinski definition) is 5. The minimum atomic E-state index is -3.86. The smallest absolute Gasteiger partial charge is 0.263 e. The van der Waals surface area contributed by atoms with Gasteiger partial charge in [-0.25, -0.2) is 8.42 Å². The van der Waals surface area contributed by atoms with Crippen LogP contribution < -0.4 is 9.62 Å². The Morgan fingerprint density at radius 3 is 2.19 bits per heavy atom. The Labute approximate surface area is 192 Å². The van der Waals surface area contributed by atoms with Crippen LogP contribution in [0.3, 0.4) is 0 Å². The molecule has 0 amide bonds. The number of nitrogens with one attached hydrogen (secondary N) is 1. The second-order valence-electron chi connectivity index (χ2n) is 7.44. The molecule has 9 heteroatoms. The van der Waals surface area contributed by atoms with Crippen LogP contribution in [0.15, 0.2) is 59.5 Å². The van der Waals surface area contributed by atoms with Crippen molar-refractivity contribution in [3.8, 4) is 11.3 Å². The summed E-state index contributed by atoms with van der Waals surface area (Å²) in [7, 11) is -3.86. The monoisotopic (exact) mass is 476 g/mol. The summed E-state index contributed by atoms with van der Waals surface area (Å²) in [5.74, 6) is 0.897. The first-order valence-corrected chi connectivity index (χ1v) is 12.3. The second-order valence-corrected chi connectivity index (χ2v) is 9.93. The molecule has 0 saturated carbocycles. The molecule has 1 saturated heterocycles. The summed E-state index contributed by atoms with van der Waals surface area (Å²) in [4.78, 5) is 2.21. The number of aromatic nitrogens is 2. The van der Waals surface area contributed by atoms with Gasteiger partial charge in [0, 0.05) is 29.4 Å². The van der Waals surface area contributed by atoms with E-state index < -0.39 is 10.0 Å². The molecule has 6 nitrogen and oxygen atoms in total. The van der Waals surface area contributed by atoms with Gasteiger partial charge < -0.3 is 4.90 Å². The van der Waals surface area contributed by atoms with Crippen molar-refractivity contribution in [2.24, 2.45) is 0 Å². The molecule has 162 valence electrons. The fraction of sp³-hybridized carbons (Fsp3) is 0.273. The number of halogens is 2. The molecule has 1 aromatic heterocycles. The zero-order valence-electron chi connectivity index (χ0n) is 16.8. The van der Waals surface area contributed by atoms with E-state index in [1.54, 1.807) is 24.3 Å². The molecular weight excluding hydrogens is 455 g/mol. The van der Waals surface area contributed by atoms with E-state index in [0.29, 0.717) is 10.7 Å². The molecule has 4 rings (SSSR count). The van der Waals surface area contributed by atoms with Gasteiger partial charge in [0.15, 0.2) is 5.82 Å². The molecule has 2 aromatic carbocycles. The Balaban J connectivity index is 1.48. The predicted octanol–water partition coefficient (Wildman–Crippen LogP) is 5.63. The van der Waals surface area contributed by atoms with Gasteiger partial charge in [-0.2, -0.15) is 0 Å². The third kappa shape index (κ3) is 5.29. The Kier molecular flexibility index (Phi) is 6.65. The molecule has 31 heavy (non-hydrogen) atoms. The van der Waals surface area contributed by atoms with E-state index in [4.69, 9.17) is 23.2 Å². The summed E-state index contributed by atoms with van der Waals surface area (Å²) < 4.78 is 27.8. The first-order valence-electron chi connectivity index (χ1n) is 10.1. The van der Waals surface area contributed by atoms with Crippen LogP contribution in [0.1, 0.15) is 25.7 Å². The van der Waals surface area contributed by atoms with Crippen molar-refractivity contribution in [3.05, 3.63) is 64.6 Å². The lowest BCUT2D eigenvalue weighted by atomic mass is 10.1. The molecule has 1 N–H and O–H groups in total. The third-order valence-electron chi connectivity index (χ3n) is 5.20. The summed E-state index contributed by atoms with van der Waals surface area (Å²) >= 11 is 12.0. The summed E-state index contributed by atoms with van der Waals surface area (Å²) in [6, 6.07) is 15.2. The lowest BCUT2D eigenvalue weighted by Gasteiger charge is -2.20. The van der Waals surface area contributed by atoms with Gasteiger partial charge in [0.05, 0.1) is 10.7 Å². The van der Waals surface area contributed by atoms with E-state index >= 15 is 0 Å². The second kappa shape index (κ2) is 9.42. The lowest BCUT2D eigenvalue weighted by Crippen LogP contribution is -2.25. The SMILES string of the molecule is O=S(=O)(Nc1ccc(-c2ccc(N3CCCCCC3)nn2)cc1)c1cc(Cl)ccc1Cl. The maximum absolute atomic E-state index is 12.7. The van der Waals surface area contributed by atoms with E-state index in [1.165, 1.54) is 43.9 Å². The normalized spacial score (nSPS) is 14.8. The lowest BCUT2D eigenvalue weighted by molar-refractivity contribution is 0.601. The Morgan fingerprint density at radius 1 is 0.839 bits per heavy atom. The maximum Gasteiger partial charge on any atom is 0.263 e. The molecule has 0 aliphatic carbocycles. The van der Waals surface area contributed by atoms with Crippen LogP contribution in [0.4, 0.5) is 11.5 Å². The van der Waals surface area contributed by atoms with Crippen LogP contribution in [0.5, 0.6) is 0 Å². The Hall–Kier alpha value is -2.35. The van der Waals surface area contributed by atoms with Gasteiger partial charge in [-0.05, 0) is 55.3 Å². The summed E-state index contributed by atoms with van der Waals surface area (Å²) in [6.45, 7) is 2.03. The highest BCUT2D eigenvalue weighted by molar-refractivity contribution is 7.92. The number of benzene rings is 2. The topological polar surface area (TPSA) is 75.2 Å². The van der Waals surface area contributed by atoms with Crippen molar-refractivity contribution >= 4 is 44.7 Å². The average molecular weight is 477 g/mol. The Bertz CT molecular complexity index is 1150. The number of sulfonamides is 1. The number of hydrogen-bond donors (Lipinski definition) is 1. The molecule has 0 atom stereocenters. The van der Waals surface area contributed by atoms with E-state index in [-0.39, 0.29) is 9.92 Å². The standard InChI is InChI=1S/C22H22Cl2N4O2S/c23-17-7-10-19(24)21(15-17)31(29,30)27-18-8-5-16(6-9-18)20-11-12-22(26-25-20)28-13-3-1-2-4-14-28/h5-12,15,27H,1-4,13-14H2. The van der Waals surface area contributed by atoms with Gasteiger partial charge in [0.2, 0.25) is 0 Å². The number of anilines is 2. The van der Waals surface area contributed by atoms with Crippen LogP contribution in [0.25, 0.3) is 11.3 Å². The van der Waals surface area contributed by atoms with Crippen molar-refractivity contribution < 1.29 is 8.42 Å². The van der Waals surface area contributed by atoms with Crippen molar-refractivity contribution in [1.29, 1.82) is 0 Å². The van der Waals surface area contributed by atoms with Gasteiger partial charge in [-0.15, -0.1) is 10.2 Å². The molecule has 0 bridgehead atoms. The quantitative estimate of drug-likeness (QED) is 0.516. The van der Waals surface area contributed by atoms with E-state index in [9.17, 15) is 8.42 Å². The van der Waals surface area contributed by atoms with Crippen molar-refractivity contribution in [2.75, 3.05) is 22.7 Å². The fourth-order valence-electron chi connectivity index (χ4n) is 3.55. The van der Waals surface area contributed by atoms with Crippen molar-refractivity contribution in [3.63, 3.8) is 0 Å². The minimum Gasteiger partial charge on any atom is -0.355 e. The van der Waals surface area contributed by atoms with Gasteiger partial charge >= 0.3 is 0 Å². The molecule has 0 radical (unpaired) electrons. The van der Waals surface area contributed by atoms with E-state index in [0.717, 1.165) is 30.2 Å². The zero-order chi connectivity index (χ0) is 21.8. The highest BCUT2D eigenvalue weighted by Crippen LogP contribution is 2.28. The minimum absolute atomic E-state index is 0.0688. The van der Waals surface area contributed by atoms with Gasteiger partial charge in [0.1, 0.15) is 4.90 Å². The summed E-state index contributed by atoms with van der Waals surface area (Å²) in [5, 5.41) is 9.16. The van der Waals surface area contributed by atoms with Crippen molar-refractivity contribution in [1.82, 2.24) is 10.2 Å². The molecule has 0 unspecified atom stereocenters. The zero-order valence-corrected chi connectivity index (χ0v) is 19.1. The van der Waals surface area contributed by atoms with Crippen LogP contribution in [0.2, 0.25) is 10.0 Å². The molecule has 1 aliphatic rings. The van der Waals surface area contributed by atoms with Gasteiger partial charge in [0.25, 0.3) is 10.0 Å². The maximum atomic E-state index is 12.7. The largest absolute Gasteiger partial charge is 0.355 e. The first kappa shape index (κ1) is 21.9. The fourth-order valence-corrected chi connectivity index (χ4v) is 5.37. The molecule has 0 spiro atoms. The highest BCUT2D eigenvalue weighted by Gasteiger charge is 2.19. The van der Waals surface area contributed by atoms with Crippen molar-refractivity contribution in [2.45, 2.75) is 30.6 Å². The predicted molar refractivity (Wildman–Crippen MR) is 125 cm³/mol. The van der Waals surface area contributed by atoms with Gasteiger partial charge in [-0.1, -0.05) is 48.2 Å². The molecule has 1 fully saturated rings. The van der Waals surface area contributed by atoms with Crippen LogP contribution in [-0.4, -0.2) is 31.7 Å².